The van der Waals surface area contributed by atoms with Gasteiger partial charge in [0.25, 0.3) is 5.91 Å². The minimum Gasteiger partial charge on any atom is -0.484 e. The normalized spacial score (nSPS) is 12.6. The highest BCUT2D eigenvalue weighted by molar-refractivity contribution is 5.96. The first-order valence-corrected chi connectivity index (χ1v) is 10.1. The molecule has 7 heteroatoms. The first kappa shape index (κ1) is 19.8. The van der Waals surface area contributed by atoms with Crippen molar-refractivity contribution in [2.45, 2.75) is 6.42 Å². The van der Waals surface area contributed by atoms with Crippen LogP contribution in [0.4, 0.5) is 10.1 Å². The van der Waals surface area contributed by atoms with E-state index in [-0.39, 0.29) is 35.0 Å². The predicted molar refractivity (Wildman–Crippen MR) is 117 cm³/mol. The van der Waals surface area contributed by atoms with E-state index in [9.17, 15) is 14.0 Å². The first-order chi connectivity index (χ1) is 15.6. The van der Waals surface area contributed by atoms with Gasteiger partial charge in [0.2, 0.25) is 11.2 Å². The second kappa shape index (κ2) is 8.19. The van der Waals surface area contributed by atoms with Gasteiger partial charge in [-0.3, -0.25) is 9.59 Å². The van der Waals surface area contributed by atoms with Crippen LogP contribution in [0, 0.1) is 5.82 Å². The van der Waals surface area contributed by atoms with Crippen LogP contribution in [-0.4, -0.2) is 19.1 Å². The number of anilines is 1. The van der Waals surface area contributed by atoms with Crippen molar-refractivity contribution in [2.75, 3.05) is 18.1 Å². The van der Waals surface area contributed by atoms with Crippen LogP contribution in [0.15, 0.2) is 82.2 Å². The van der Waals surface area contributed by atoms with Crippen LogP contribution in [0.3, 0.4) is 0 Å². The lowest BCUT2D eigenvalue weighted by atomic mass is 10.2. The molecule has 0 saturated carbocycles. The Labute approximate surface area is 182 Å². The summed E-state index contributed by atoms with van der Waals surface area (Å²) in [6.45, 7) is 0.484. The summed E-state index contributed by atoms with van der Waals surface area (Å²) in [5.41, 5.74) is 1.88. The number of carbonyl (C=O) groups is 1. The molecule has 1 aliphatic heterocycles. The van der Waals surface area contributed by atoms with E-state index in [1.165, 1.54) is 30.3 Å². The van der Waals surface area contributed by atoms with Gasteiger partial charge < -0.3 is 18.8 Å². The molecule has 0 aliphatic carbocycles. The van der Waals surface area contributed by atoms with Crippen molar-refractivity contribution in [1.82, 2.24) is 0 Å². The molecule has 0 unspecified atom stereocenters. The maximum Gasteiger partial charge on any atom is 0.264 e. The molecule has 6 nitrogen and oxygen atoms in total. The zero-order valence-corrected chi connectivity index (χ0v) is 16.9. The molecule has 0 atom stereocenters. The average Bonchev–Trinajstić information content (AvgIpc) is 3.25. The lowest BCUT2D eigenvalue weighted by Crippen LogP contribution is -2.33. The third kappa shape index (κ3) is 3.69. The standard InChI is InChI=1S/C25H18FNO5/c26-19-6-2-4-8-21(19)32-23-14-31-22-13-17(9-10-18(22)25(23)29)30-15-24(28)27-12-11-16-5-1-3-7-20(16)27/h1-10,13-14H,11-12,15H2. The lowest BCUT2D eigenvalue weighted by molar-refractivity contribution is -0.120. The fourth-order valence-corrected chi connectivity index (χ4v) is 3.72. The highest BCUT2D eigenvalue weighted by Gasteiger charge is 2.24. The minimum absolute atomic E-state index is 0.0684. The monoisotopic (exact) mass is 431 g/mol. The van der Waals surface area contributed by atoms with Crippen molar-refractivity contribution < 1.29 is 23.1 Å². The average molecular weight is 431 g/mol. The largest absolute Gasteiger partial charge is 0.484 e. The van der Waals surface area contributed by atoms with Crippen LogP contribution in [0.1, 0.15) is 5.56 Å². The molecule has 2 heterocycles. The Bertz CT molecular complexity index is 1380. The molecule has 0 radical (unpaired) electrons. The van der Waals surface area contributed by atoms with Crippen molar-refractivity contribution in [1.29, 1.82) is 0 Å². The number of halogens is 1. The van der Waals surface area contributed by atoms with Crippen LogP contribution in [-0.2, 0) is 11.2 Å². The zero-order chi connectivity index (χ0) is 22.1. The summed E-state index contributed by atoms with van der Waals surface area (Å²) in [4.78, 5) is 27.0. The van der Waals surface area contributed by atoms with Gasteiger partial charge >= 0.3 is 0 Å². The predicted octanol–water partition coefficient (Wildman–Crippen LogP) is 4.69. The van der Waals surface area contributed by atoms with Gasteiger partial charge in [-0.2, -0.15) is 0 Å². The zero-order valence-electron chi connectivity index (χ0n) is 16.9. The molecular formula is C25H18FNO5. The van der Waals surface area contributed by atoms with Crippen molar-refractivity contribution in [3.63, 3.8) is 0 Å². The van der Waals surface area contributed by atoms with Crippen molar-refractivity contribution >= 4 is 22.6 Å². The van der Waals surface area contributed by atoms with Crippen LogP contribution >= 0.6 is 0 Å². The number of para-hydroxylation sites is 2. The molecule has 32 heavy (non-hydrogen) atoms. The number of nitrogens with zero attached hydrogens (tertiary/aromatic N) is 1. The quantitative estimate of drug-likeness (QED) is 0.459. The number of amides is 1. The topological polar surface area (TPSA) is 69.0 Å². The van der Waals surface area contributed by atoms with Crippen LogP contribution in [0.5, 0.6) is 17.2 Å². The number of carbonyl (C=O) groups excluding carboxylic acids is 1. The van der Waals surface area contributed by atoms with Crippen LogP contribution in [0.25, 0.3) is 11.0 Å². The summed E-state index contributed by atoms with van der Waals surface area (Å²) >= 11 is 0. The van der Waals surface area contributed by atoms with E-state index >= 15 is 0 Å². The maximum atomic E-state index is 13.8. The third-order valence-electron chi connectivity index (χ3n) is 5.32. The molecule has 1 aromatic heterocycles. The fourth-order valence-electron chi connectivity index (χ4n) is 3.72. The molecule has 0 bridgehead atoms. The molecule has 0 saturated heterocycles. The number of rotatable bonds is 5. The molecule has 0 spiro atoms. The number of hydrogen-bond acceptors (Lipinski definition) is 5. The van der Waals surface area contributed by atoms with E-state index in [2.05, 4.69) is 0 Å². The molecule has 5 rings (SSSR count). The Balaban J connectivity index is 1.32. The molecule has 160 valence electrons. The highest BCUT2D eigenvalue weighted by Crippen LogP contribution is 2.28. The molecular weight excluding hydrogens is 413 g/mol. The molecule has 1 amide bonds. The van der Waals surface area contributed by atoms with Gasteiger partial charge in [-0.25, -0.2) is 4.39 Å². The Morgan fingerprint density at radius 1 is 1.03 bits per heavy atom. The van der Waals surface area contributed by atoms with Crippen molar-refractivity contribution in [3.8, 4) is 17.2 Å². The summed E-state index contributed by atoms with van der Waals surface area (Å²) in [7, 11) is 0. The van der Waals surface area contributed by atoms with E-state index in [1.54, 1.807) is 17.0 Å². The Morgan fingerprint density at radius 2 is 1.84 bits per heavy atom. The van der Waals surface area contributed by atoms with Crippen molar-refractivity contribution in [2.24, 2.45) is 0 Å². The summed E-state index contributed by atoms with van der Waals surface area (Å²) in [5.74, 6) is -0.532. The Hall–Kier alpha value is -4.13. The number of benzene rings is 3. The second-order valence-electron chi connectivity index (χ2n) is 7.33. The van der Waals surface area contributed by atoms with Gasteiger partial charge in [-0.05, 0) is 42.3 Å². The van der Waals surface area contributed by atoms with Gasteiger partial charge in [0.05, 0.1) is 5.39 Å². The molecule has 0 fully saturated rings. The summed E-state index contributed by atoms with van der Waals surface area (Å²) < 4.78 is 30.4. The molecule has 1 aliphatic rings. The third-order valence-corrected chi connectivity index (χ3v) is 5.32. The molecule has 3 aromatic carbocycles. The van der Waals surface area contributed by atoms with E-state index in [0.717, 1.165) is 23.9 Å². The summed E-state index contributed by atoms with van der Waals surface area (Å²) in [5, 5.41) is 0.256. The highest BCUT2D eigenvalue weighted by atomic mass is 19.1. The van der Waals surface area contributed by atoms with E-state index in [4.69, 9.17) is 13.9 Å². The van der Waals surface area contributed by atoms with E-state index in [0.29, 0.717) is 12.3 Å². The fraction of sp³-hybridized carbons (Fsp3) is 0.120. The number of fused-ring (bicyclic) bond motifs is 2. The van der Waals surface area contributed by atoms with Gasteiger partial charge in [0, 0.05) is 18.3 Å². The SMILES string of the molecule is O=C(COc1ccc2c(=O)c(Oc3ccccc3F)coc2c1)N1CCc2ccccc21. The number of ether oxygens (including phenoxy) is 2. The van der Waals surface area contributed by atoms with Crippen LogP contribution in [0.2, 0.25) is 0 Å². The summed E-state index contributed by atoms with van der Waals surface area (Å²) in [6, 6.07) is 18.2. The maximum absolute atomic E-state index is 13.8. The van der Waals surface area contributed by atoms with Crippen molar-refractivity contribution in [3.05, 3.63) is 94.6 Å². The molecule has 0 N–H and O–H groups in total. The minimum atomic E-state index is -0.582. The Morgan fingerprint density at radius 3 is 2.72 bits per heavy atom. The summed E-state index contributed by atoms with van der Waals surface area (Å²) in [6.07, 6.45) is 1.95. The van der Waals surface area contributed by atoms with E-state index in [1.807, 2.05) is 24.3 Å². The van der Waals surface area contributed by atoms with Gasteiger partial charge in [0.1, 0.15) is 17.6 Å². The van der Waals surface area contributed by atoms with Gasteiger partial charge in [-0.15, -0.1) is 0 Å². The number of hydrogen-bond donors (Lipinski definition) is 0. The Kier molecular flexibility index (Phi) is 5.07. The smallest absolute Gasteiger partial charge is 0.264 e. The van der Waals surface area contributed by atoms with Crippen LogP contribution < -0.4 is 19.8 Å². The van der Waals surface area contributed by atoms with E-state index < -0.39 is 11.2 Å². The first-order valence-electron chi connectivity index (χ1n) is 10.1. The lowest BCUT2D eigenvalue weighted by Gasteiger charge is -2.17. The van der Waals surface area contributed by atoms with Gasteiger partial charge in [-0.1, -0.05) is 30.3 Å². The van der Waals surface area contributed by atoms with Gasteiger partial charge in [0.15, 0.2) is 18.2 Å². The molecule has 4 aromatic rings. The second-order valence-corrected chi connectivity index (χ2v) is 7.33.